The molecule has 0 bridgehead atoms. The van der Waals surface area contributed by atoms with E-state index in [0.29, 0.717) is 12.2 Å². The summed E-state index contributed by atoms with van der Waals surface area (Å²) in [6.45, 7) is 0.833. The summed E-state index contributed by atoms with van der Waals surface area (Å²) in [6.07, 6.45) is 1.12. The van der Waals surface area contributed by atoms with Crippen molar-refractivity contribution >= 4 is 24.4 Å². The van der Waals surface area contributed by atoms with E-state index >= 15 is 0 Å². The average molecular weight is 222 g/mol. The van der Waals surface area contributed by atoms with Crippen LogP contribution in [0.5, 0.6) is 0 Å². The first-order valence-corrected chi connectivity index (χ1v) is 3.19. The predicted octanol–water partition coefficient (Wildman–Crippen LogP) is -0.496. The van der Waals surface area contributed by atoms with Crippen molar-refractivity contribution in [3.8, 4) is 0 Å². The fraction of sp³-hybridized carbons (Fsp3) is 0.143. The molecule has 8 nitrogen and oxygen atoms in total. The van der Waals surface area contributed by atoms with Crippen molar-refractivity contribution in [2.45, 2.75) is 6.92 Å². The van der Waals surface area contributed by atoms with Crippen LogP contribution in [0.25, 0.3) is 0 Å². The van der Waals surface area contributed by atoms with Crippen LogP contribution in [0.4, 0.5) is 0 Å². The molecular weight excluding hydrogens is 212 g/mol. The van der Waals surface area contributed by atoms with E-state index in [4.69, 9.17) is 30.0 Å². The van der Waals surface area contributed by atoms with Crippen molar-refractivity contribution < 1.29 is 39.6 Å². The van der Waals surface area contributed by atoms with Gasteiger partial charge in [-0.15, -0.1) is 0 Å². The lowest BCUT2D eigenvalue weighted by atomic mass is 10.5. The van der Waals surface area contributed by atoms with Crippen molar-refractivity contribution in [3.05, 3.63) is 12.2 Å². The molecule has 8 heteroatoms. The van der Waals surface area contributed by atoms with Gasteiger partial charge in [-0.1, -0.05) is 0 Å². The Hall–Kier alpha value is -2.38. The summed E-state index contributed by atoms with van der Waals surface area (Å²) < 4.78 is 0. The number of rotatable bonds is 2. The zero-order valence-electron chi connectivity index (χ0n) is 7.65. The maximum atomic E-state index is 9.55. The van der Waals surface area contributed by atoms with Gasteiger partial charge >= 0.3 is 11.9 Å². The van der Waals surface area contributed by atoms with Gasteiger partial charge in [0.05, 0.1) is 0 Å². The highest BCUT2D eigenvalue weighted by Gasteiger charge is 1.88. The van der Waals surface area contributed by atoms with E-state index in [2.05, 4.69) is 0 Å². The zero-order valence-corrected chi connectivity index (χ0v) is 7.65. The molecule has 0 amide bonds. The van der Waals surface area contributed by atoms with Crippen LogP contribution in [0.3, 0.4) is 0 Å². The number of hydrogen-bond donors (Lipinski definition) is 4. The highest BCUT2D eigenvalue weighted by atomic mass is 16.4. The number of hydrogen-bond acceptors (Lipinski definition) is 4. The van der Waals surface area contributed by atoms with Crippen LogP contribution in [0.15, 0.2) is 12.2 Å². The van der Waals surface area contributed by atoms with E-state index < -0.39 is 17.9 Å². The molecule has 86 valence electrons. The van der Waals surface area contributed by atoms with Crippen LogP contribution in [0.1, 0.15) is 6.92 Å². The normalized spacial score (nSPS) is 7.53. The fourth-order valence-corrected chi connectivity index (χ4v) is 0.143. The minimum atomic E-state index is -1.26. The molecule has 0 aromatic heterocycles. The third-order valence-electron chi connectivity index (χ3n) is 0.368. The van der Waals surface area contributed by atoms with Crippen molar-refractivity contribution in [3.63, 3.8) is 0 Å². The molecule has 0 rings (SSSR count). The van der Waals surface area contributed by atoms with E-state index in [0.717, 1.165) is 6.92 Å². The highest BCUT2D eigenvalue weighted by molar-refractivity contribution is 5.89. The lowest BCUT2D eigenvalue weighted by Gasteiger charge is -1.74. The molecule has 15 heavy (non-hydrogen) atoms. The Labute approximate surface area is 84.1 Å². The lowest BCUT2D eigenvalue weighted by Crippen LogP contribution is -1.91. The molecule has 4 N–H and O–H groups in total. The first-order valence-electron chi connectivity index (χ1n) is 3.19. The lowest BCUT2D eigenvalue weighted by molar-refractivity contribution is -0.134. The van der Waals surface area contributed by atoms with Crippen molar-refractivity contribution in [2.24, 2.45) is 0 Å². The Kier molecular flexibility index (Phi) is 17.4. The Bertz CT molecular complexity index is 221. The van der Waals surface area contributed by atoms with Gasteiger partial charge in [-0.25, -0.2) is 9.59 Å². The van der Waals surface area contributed by atoms with Crippen molar-refractivity contribution in [1.29, 1.82) is 0 Å². The first kappa shape index (κ1) is 18.4. The molecule has 0 atom stereocenters. The molecule has 0 aromatic carbocycles. The minimum Gasteiger partial charge on any atom is -0.483 e. The summed E-state index contributed by atoms with van der Waals surface area (Å²) in [5, 5.41) is 29.9. The molecule has 0 aromatic rings. The molecular formula is C7H10O8. The predicted molar refractivity (Wildman–Crippen MR) is 46.4 cm³/mol. The Balaban J connectivity index is -0.000000173. The van der Waals surface area contributed by atoms with Gasteiger partial charge in [0, 0.05) is 19.1 Å². The maximum absolute atomic E-state index is 9.55. The standard InChI is InChI=1S/C4H4O4.C2H4O2.CH2O2/c5-3(6)1-2-4(7)8;1-2(3)4;2-1-3/h1-2H,(H,5,6)(H,7,8);1H3,(H,3,4);1H,(H,2,3). The van der Waals surface area contributed by atoms with Crippen LogP contribution in [0, 0.1) is 0 Å². The Morgan fingerprint density at radius 1 is 0.933 bits per heavy atom. The molecule has 0 radical (unpaired) electrons. The van der Waals surface area contributed by atoms with E-state index in [1.54, 1.807) is 0 Å². The van der Waals surface area contributed by atoms with Crippen LogP contribution in [0.2, 0.25) is 0 Å². The van der Waals surface area contributed by atoms with Crippen LogP contribution in [-0.4, -0.2) is 44.8 Å². The molecule has 0 fully saturated rings. The number of carboxylic acid groups (broad SMARTS) is 4. The molecule has 0 spiro atoms. The summed E-state index contributed by atoms with van der Waals surface area (Å²) in [4.78, 5) is 36.5. The van der Waals surface area contributed by atoms with Gasteiger partial charge in [0.25, 0.3) is 12.4 Å². The van der Waals surface area contributed by atoms with Crippen LogP contribution >= 0.6 is 0 Å². The monoisotopic (exact) mass is 222 g/mol. The molecule has 0 heterocycles. The van der Waals surface area contributed by atoms with Crippen LogP contribution < -0.4 is 0 Å². The molecule has 0 unspecified atom stereocenters. The fourth-order valence-electron chi connectivity index (χ4n) is 0.143. The summed E-state index contributed by atoms with van der Waals surface area (Å²) in [5.41, 5.74) is 0. The van der Waals surface area contributed by atoms with Crippen LogP contribution in [-0.2, 0) is 19.2 Å². The van der Waals surface area contributed by atoms with E-state index in [1.807, 2.05) is 0 Å². The second-order valence-corrected chi connectivity index (χ2v) is 1.63. The SMILES string of the molecule is CC(=O)O.O=C(O)C=CC(=O)O.O=CO. The van der Waals surface area contributed by atoms with Gasteiger partial charge in [0.1, 0.15) is 0 Å². The third kappa shape index (κ3) is 157. The highest BCUT2D eigenvalue weighted by Crippen LogP contribution is 1.70. The Morgan fingerprint density at radius 2 is 1.07 bits per heavy atom. The maximum Gasteiger partial charge on any atom is 0.328 e. The molecule has 0 aliphatic rings. The van der Waals surface area contributed by atoms with E-state index in [9.17, 15) is 9.59 Å². The number of carbonyl (C=O) groups is 4. The van der Waals surface area contributed by atoms with Crippen molar-refractivity contribution in [1.82, 2.24) is 0 Å². The van der Waals surface area contributed by atoms with Gasteiger partial charge < -0.3 is 20.4 Å². The minimum absolute atomic E-state index is 0.250. The van der Waals surface area contributed by atoms with Gasteiger partial charge in [0.15, 0.2) is 0 Å². The third-order valence-corrected chi connectivity index (χ3v) is 0.368. The Morgan fingerprint density at radius 3 is 1.13 bits per heavy atom. The quantitative estimate of drug-likeness (QED) is 0.361. The molecule has 0 aliphatic carbocycles. The van der Waals surface area contributed by atoms with E-state index in [1.165, 1.54) is 0 Å². The van der Waals surface area contributed by atoms with Gasteiger partial charge in [-0.2, -0.15) is 0 Å². The number of carboxylic acids is 3. The second kappa shape index (κ2) is 14.2. The topological polar surface area (TPSA) is 149 Å². The zero-order chi connectivity index (χ0) is 12.9. The smallest absolute Gasteiger partial charge is 0.328 e. The molecule has 0 saturated carbocycles. The van der Waals surface area contributed by atoms with Crippen molar-refractivity contribution in [2.75, 3.05) is 0 Å². The second-order valence-electron chi connectivity index (χ2n) is 1.63. The summed E-state index contributed by atoms with van der Waals surface area (Å²) >= 11 is 0. The summed E-state index contributed by atoms with van der Waals surface area (Å²) in [5.74, 6) is -3.35. The summed E-state index contributed by atoms with van der Waals surface area (Å²) in [7, 11) is 0. The molecule has 0 aliphatic heterocycles. The first-order chi connectivity index (χ1) is 6.77. The number of aliphatic carboxylic acids is 3. The molecule has 0 saturated heterocycles. The van der Waals surface area contributed by atoms with Gasteiger partial charge in [0.2, 0.25) is 0 Å². The van der Waals surface area contributed by atoms with Gasteiger partial charge in [-0.3, -0.25) is 9.59 Å². The summed E-state index contributed by atoms with van der Waals surface area (Å²) in [6, 6.07) is 0. The van der Waals surface area contributed by atoms with Gasteiger partial charge in [-0.05, 0) is 0 Å². The average Bonchev–Trinajstić information content (AvgIpc) is 2.01. The largest absolute Gasteiger partial charge is 0.483 e. The van der Waals surface area contributed by atoms with E-state index in [-0.39, 0.29) is 6.47 Å².